The van der Waals surface area contributed by atoms with Gasteiger partial charge in [-0.05, 0) is 22.3 Å². The summed E-state index contributed by atoms with van der Waals surface area (Å²) in [5.74, 6) is -0.0719. The molecule has 72 valence electrons. The molecule has 0 heterocycles. The Hall–Kier alpha value is -1.60. The van der Waals surface area contributed by atoms with Gasteiger partial charge in [0.05, 0.1) is 0 Å². The maximum Gasteiger partial charge on any atom is 0.134 e. The Bertz CT molecular complexity index is 457. The molecule has 2 aromatic rings. The van der Waals surface area contributed by atoms with Crippen molar-refractivity contribution in [3.63, 3.8) is 0 Å². The van der Waals surface area contributed by atoms with E-state index in [0.29, 0.717) is 0 Å². The Morgan fingerprint density at radius 3 is 1.73 bits per heavy atom. The lowest BCUT2D eigenvalue weighted by atomic mass is 9.98. The van der Waals surface area contributed by atoms with Gasteiger partial charge in [0.15, 0.2) is 0 Å². The van der Waals surface area contributed by atoms with Crippen LogP contribution in [0.1, 0.15) is 17.0 Å². The summed E-state index contributed by atoms with van der Waals surface area (Å²) < 4.78 is 0. The Balaban J connectivity index is 2.31. The normalized spacial score (nSPS) is 13.7. The summed E-state index contributed by atoms with van der Waals surface area (Å²) in [5.41, 5.74) is 4.66. The third-order valence-electron chi connectivity index (χ3n) is 3.02. The van der Waals surface area contributed by atoms with Gasteiger partial charge in [-0.2, -0.15) is 0 Å². The molecular formula is C14H10O. The lowest BCUT2D eigenvalue weighted by Gasteiger charge is -2.06. The van der Waals surface area contributed by atoms with Crippen LogP contribution in [0.4, 0.5) is 0 Å². The van der Waals surface area contributed by atoms with Gasteiger partial charge in [-0.1, -0.05) is 48.5 Å². The van der Waals surface area contributed by atoms with Crippen LogP contribution in [0.2, 0.25) is 0 Å². The molecule has 2 radical (unpaired) electrons. The average molecular weight is 194 g/mol. The summed E-state index contributed by atoms with van der Waals surface area (Å²) in [6.45, 7) is 1.03. The van der Waals surface area contributed by atoms with Crippen LogP contribution in [0.3, 0.4) is 0 Å². The van der Waals surface area contributed by atoms with E-state index in [9.17, 15) is 5.11 Å². The lowest BCUT2D eigenvalue weighted by molar-refractivity contribution is 0.264. The Kier molecular flexibility index (Phi) is 1.86. The van der Waals surface area contributed by atoms with Crippen molar-refractivity contribution in [1.82, 2.24) is 0 Å². The smallest absolute Gasteiger partial charge is 0.134 e. The third kappa shape index (κ3) is 1.13. The van der Waals surface area contributed by atoms with Crippen molar-refractivity contribution in [1.29, 1.82) is 0 Å². The molecule has 0 atom stereocenters. The summed E-state index contributed by atoms with van der Waals surface area (Å²) in [7, 11) is 0. The molecule has 1 aliphatic carbocycles. The first-order chi connectivity index (χ1) is 7.42. The fourth-order valence-electron chi connectivity index (χ4n) is 2.34. The van der Waals surface area contributed by atoms with Crippen molar-refractivity contribution < 1.29 is 5.11 Å². The molecule has 0 spiro atoms. The van der Waals surface area contributed by atoms with Crippen LogP contribution in [0.15, 0.2) is 48.5 Å². The highest BCUT2D eigenvalue weighted by molar-refractivity contribution is 5.79. The third-order valence-corrected chi connectivity index (χ3v) is 3.02. The molecule has 0 saturated carbocycles. The predicted octanol–water partition coefficient (Wildman–Crippen LogP) is 3.39. The highest BCUT2D eigenvalue weighted by atomic mass is 16.3. The average Bonchev–Trinajstić information content (AvgIpc) is 2.63. The van der Waals surface area contributed by atoms with E-state index in [0.717, 1.165) is 17.7 Å². The minimum atomic E-state index is -0.0719. The Labute approximate surface area is 89.0 Å². The van der Waals surface area contributed by atoms with Crippen LogP contribution in [-0.2, 0) is 5.11 Å². The number of hydrogen-bond acceptors (Lipinski definition) is 0. The number of fused-ring (bicyclic) bond motifs is 3. The highest BCUT2D eigenvalue weighted by Gasteiger charge is 2.27. The van der Waals surface area contributed by atoms with E-state index in [-0.39, 0.29) is 5.92 Å². The zero-order valence-electron chi connectivity index (χ0n) is 8.18. The molecule has 0 unspecified atom stereocenters. The molecule has 3 rings (SSSR count). The van der Waals surface area contributed by atoms with Crippen LogP contribution in [-0.4, -0.2) is 0 Å². The Morgan fingerprint density at radius 1 is 0.800 bits per heavy atom. The fourth-order valence-corrected chi connectivity index (χ4v) is 2.34. The van der Waals surface area contributed by atoms with Gasteiger partial charge in [-0.3, -0.25) is 0 Å². The molecule has 15 heavy (non-hydrogen) atoms. The van der Waals surface area contributed by atoms with E-state index < -0.39 is 0 Å². The number of benzene rings is 2. The summed E-state index contributed by atoms with van der Waals surface area (Å²) in [6, 6.07) is 16.2. The van der Waals surface area contributed by atoms with Crippen molar-refractivity contribution in [3.05, 3.63) is 66.3 Å². The molecule has 0 bridgehead atoms. The van der Waals surface area contributed by atoms with Gasteiger partial charge in [-0.25, -0.2) is 5.11 Å². The first-order valence-corrected chi connectivity index (χ1v) is 5.05. The second-order valence-electron chi connectivity index (χ2n) is 3.79. The quantitative estimate of drug-likeness (QED) is 0.663. The molecule has 0 aromatic heterocycles. The van der Waals surface area contributed by atoms with Gasteiger partial charge in [0.1, 0.15) is 6.61 Å². The van der Waals surface area contributed by atoms with Gasteiger partial charge in [0, 0.05) is 5.92 Å². The monoisotopic (exact) mass is 194 g/mol. The van der Waals surface area contributed by atoms with E-state index >= 15 is 0 Å². The van der Waals surface area contributed by atoms with Crippen LogP contribution in [0, 0.1) is 6.61 Å². The molecule has 0 N–H and O–H groups in total. The largest absolute Gasteiger partial charge is 0.229 e. The van der Waals surface area contributed by atoms with Gasteiger partial charge in [0.25, 0.3) is 0 Å². The predicted molar refractivity (Wildman–Crippen MR) is 58.7 cm³/mol. The van der Waals surface area contributed by atoms with Crippen LogP contribution >= 0.6 is 0 Å². The SMILES string of the molecule is [O][CH]C1c2ccccc2-c2ccccc21. The summed E-state index contributed by atoms with van der Waals surface area (Å²) in [5, 5.41) is 11.1. The van der Waals surface area contributed by atoms with E-state index in [2.05, 4.69) is 12.1 Å². The number of hydrogen-bond donors (Lipinski definition) is 0. The molecule has 0 amide bonds. The number of rotatable bonds is 1. The van der Waals surface area contributed by atoms with E-state index in [4.69, 9.17) is 0 Å². The van der Waals surface area contributed by atoms with Crippen LogP contribution in [0.25, 0.3) is 11.1 Å². The zero-order chi connectivity index (χ0) is 10.3. The van der Waals surface area contributed by atoms with Crippen molar-refractivity contribution in [3.8, 4) is 11.1 Å². The van der Waals surface area contributed by atoms with E-state index in [1.165, 1.54) is 11.1 Å². The van der Waals surface area contributed by atoms with E-state index in [1.807, 2.05) is 36.4 Å². The zero-order valence-corrected chi connectivity index (χ0v) is 8.18. The van der Waals surface area contributed by atoms with Crippen molar-refractivity contribution >= 4 is 0 Å². The van der Waals surface area contributed by atoms with Gasteiger partial charge in [0.2, 0.25) is 0 Å². The second kappa shape index (κ2) is 3.21. The summed E-state index contributed by atoms with van der Waals surface area (Å²) in [4.78, 5) is 0. The Morgan fingerprint density at radius 2 is 1.27 bits per heavy atom. The maximum absolute atomic E-state index is 11.1. The first kappa shape index (κ1) is 8.69. The van der Waals surface area contributed by atoms with Gasteiger partial charge in [-0.15, -0.1) is 0 Å². The minimum Gasteiger partial charge on any atom is -0.229 e. The highest BCUT2D eigenvalue weighted by Crippen LogP contribution is 2.45. The second-order valence-corrected chi connectivity index (χ2v) is 3.79. The van der Waals surface area contributed by atoms with Crippen molar-refractivity contribution in [2.24, 2.45) is 0 Å². The van der Waals surface area contributed by atoms with Crippen molar-refractivity contribution in [2.75, 3.05) is 0 Å². The molecule has 1 aliphatic rings. The molecule has 2 aromatic carbocycles. The fraction of sp³-hybridized carbons (Fsp3) is 0.0714. The first-order valence-electron chi connectivity index (χ1n) is 5.05. The maximum atomic E-state index is 11.1. The molecule has 0 fully saturated rings. The lowest BCUT2D eigenvalue weighted by Crippen LogP contribution is -1.94. The molecule has 0 saturated heterocycles. The standard InChI is InChI=1S/C14H10O/c15-9-14-12-7-3-1-5-10(12)11-6-2-4-8-13(11)14/h1-9,14H. The summed E-state index contributed by atoms with van der Waals surface area (Å²) in [6.07, 6.45) is 0. The van der Waals surface area contributed by atoms with Gasteiger partial charge >= 0.3 is 0 Å². The minimum absolute atomic E-state index is 0.0719. The van der Waals surface area contributed by atoms with E-state index in [1.54, 1.807) is 0 Å². The van der Waals surface area contributed by atoms with Crippen LogP contribution in [0.5, 0.6) is 0 Å². The topological polar surface area (TPSA) is 19.9 Å². The molecular weight excluding hydrogens is 184 g/mol. The van der Waals surface area contributed by atoms with Gasteiger partial charge < -0.3 is 0 Å². The summed E-state index contributed by atoms with van der Waals surface area (Å²) >= 11 is 0. The van der Waals surface area contributed by atoms with Crippen molar-refractivity contribution in [2.45, 2.75) is 5.92 Å². The van der Waals surface area contributed by atoms with Crippen LogP contribution < -0.4 is 0 Å². The molecule has 0 aliphatic heterocycles. The molecule has 1 nitrogen and oxygen atoms in total. The molecule has 1 heteroatoms.